The van der Waals surface area contributed by atoms with E-state index < -0.39 is 23.9 Å². The molecule has 1 aliphatic rings. The maximum atomic E-state index is 12.5. The number of ether oxygens (including phenoxy) is 2. The molecule has 9 heteroatoms. The summed E-state index contributed by atoms with van der Waals surface area (Å²) in [5, 5.41) is 4.63. The van der Waals surface area contributed by atoms with Gasteiger partial charge in [0.1, 0.15) is 11.7 Å². The Balaban J connectivity index is 2.24. The lowest BCUT2D eigenvalue weighted by atomic mass is 9.79. The second-order valence-electron chi connectivity index (χ2n) is 10.2. The predicted molar refractivity (Wildman–Crippen MR) is 122 cm³/mol. The van der Waals surface area contributed by atoms with Crippen molar-refractivity contribution in [3.05, 3.63) is 5.69 Å². The van der Waals surface area contributed by atoms with Crippen molar-refractivity contribution in [2.75, 3.05) is 13.1 Å². The first kappa shape index (κ1) is 25.5. The fourth-order valence-electron chi connectivity index (χ4n) is 3.34. The van der Waals surface area contributed by atoms with Crippen molar-refractivity contribution < 1.29 is 23.6 Å². The summed E-state index contributed by atoms with van der Waals surface area (Å²) >= 11 is 0. The van der Waals surface area contributed by atoms with Gasteiger partial charge in [-0.2, -0.15) is 5.10 Å². The normalized spacial score (nSPS) is 18.7. The van der Waals surface area contributed by atoms with Crippen molar-refractivity contribution in [1.29, 1.82) is 0 Å². The van der Waals surface area contributed by atoms with E-state index in [0.29, 0.717) is 25.5 Å². The van der Waals surface area contributed by atoms with Gasteiger partial charge in [0.25, 0.3) is 0 Å². The molecule has 8 nitrogen and oxygen atoms in total. The van der Waals surface area contributed by atoms with Crippen LogP contribution < -0.4 is 10.2 Å². The molecule has 0 unspecified atom stereocenters. The fourth-order valence-corrected chi connectivity index (χ4v) is 3.34. The minimum Gasteiger partial charge on any atom is -0.473 e. The molecule has 0 N–H and O–H groups in total. The van der Waals surface area contributed by atoms with Crippen molar-refractivity contribution in [3.8, 4) is 5.88 Å². The number of likely N-dealkylation sites (N-methyl/N-ethyl adjacent to an activating group) is 1. The van der Waals surface area contributed by atoms with E-state index in [0.717, 1.165) is 11.2 Å². The van der Waals surface area contributed by atoms with Gasteiger partial charge in [0, 0.05) is 13.1 Å². The second-order valence-corrected chi connectivity index (χ2v) is 10.2. The summed E-state index contributed by atoms with van der Waals surface area (Å²) in [6.07, 6.45) is -0.633. The van der Waals surface area contributed by atoms with Crippen LogP contribution in [0.5, 0.6) is 5.88 Å². The van der Waals surface area contributed by atoms with Gasteiger partial charge >= 0.3 is 13.2 Å². The molecule has 0 bridgehead atoms. The van der Waals surface area contributed by atoms with Crippen LogP contribution in [0.15, 0.2) is 0 Å². The second kappa shape index (κ2) is 9.02. The molecule has 1 aromatic rings. The van der Waals surface area contributed by atoms with Crippen molar-refractivity contribution in [2.45, 2.75) is 106 Å². The van der Waals surface area contributed by atoms with Gasteiger partial charge in [0.05, 0.1) is 28.9 Å². The quantitative estimate of drug-likeness (QED) is 0.608. The van der Waals surface area contributed by atoms with Crippen LogP contribution in [-0.2, 0) is 20.6 Å². The molecule has 0 saturated carbocycles. The number of hydrogen-bond donors (Lipinski definition) is 0. The summed E-state index contributed by atoms with van der Waals surface area (Å²) in [6.45, 7) is 23.0. The van der Waals surface area contributed by atoms with Crippen LogP contribution in [0, 0.1) is 6.92 Å². The number of hydrogen-bond acceptors (Lipinski definition) is 6. The van der Waals surface area contributed by atoms with E-state index in [2.05, 4.69) is 5.10 Å². The van der Waals surface area contributed by atoms with Crippen LogP contribution >= 0.6 is 0 Å². The lowest BCUT2D eigenvalue weighted by Crippen LogP contribution is -2.43. The monoisotopic (exact) mass is 437 g/mol. The van der Waals surface area contributed by atoms with E-state index >= 15 is 0 Å². The SMILES string of the molecule is CCN(C[C@H](C)Oc1c(B2OC(C)(C)C(C)(C)O2)c(C)nn1CC)C(=O)OC(C)(C)C. The van der Waals surface area contributed by atoms with E-state index in [4.69, 9.17) is 18.8 Å². The Kier molecular flexibility index (Phi) is 7.43. The van der Waals surface area contributed by atoms with Crippen LogP contribution in [0.2, 0.25) is 0 Å². The molecule has 0 aromatic carbocycles. The molecular weight excluding hydrogens is 397 g/mol. The predicted octanol–water partition coefficient (Wildman–Crippen LogP) is 3.53. The molecule has 0 radical (unpaired) electrons. The number of amides is 1. The summed E-state index contributed by atoms with van der Waals surface area (Å²) in [6, 6.07) is 0. The van der Waals surface area contributed by atoms with Gasteiger partial charge in [0.2, 0.25) is 5.88 Å². The number of carbonyl (C=O) groups excluding carboxylic acids is 1. The average Bonchev–Trinajstić information content (AvgIpc) is 3.02. The third-order valence-corrected chi connectivity index (χ3v) is 5.74. The van der Waals surface area contributed by atoms with Gasteiger partial charge < -0.3 is 23.7 Å². The van der Waals surface area contributed by atoms with Crippen LogP contribution in [0.1, 0.15) is 74.9 Å². The van der Waals surface area contributed by atoms with Gasteiger partial charge in [-0.3, -0.25) is 0 Å². The van der Waals surface area contributed by atoms with Gasteiger partial charge in [-0.25, -0.2) is 9.48 Å². The van der Waals surface area contributed by atoms with Crippen molar-refractivity contribution in [1.82, 2.24) is 14.7 Å². The Morgan fingerprint density at radius 2 is 1.74 bits per heavy atom. The maximum absolute atomic E-state index is 12.5. The van der Waals surface area contributed by atoms with E-state index in [1.807, 2.05) is 80.8 Å². The molecule has 2 rings (SSSR count). The lowest BCUT2D eigenvalue weighted by Gasteiger charge is -2.32. The zero-order valence-corrected chi connectivity index (χ0v) is 21.2. The summed E-state index contributed by atoms with van der Waals surface area (Å²) < 4.78 is 26.2. The number of aromatic nitrogens is 2. The molecule has 1 aromatic heterocycles. The zero-order valence-electron chi connectivity index (χ0n) is 21.2. The van der Waals surface area contributed by atoms with Crippen molar-refractivity contribution >= 4 is 18.7 Å². The van der Waals surface area contributed by atoms with Gasteiger partial charge in [-0.15, -0.1) is 0 Å². The summed E-state index contributed by atoms with van der Waals surface area (Å²) in [5.74, 6) is 0.617. The maximum Gasteiger partial charge on any atom is 0.502 e. The summed E-state index contributed by atoms with van der Waals surface area (Å²) in [4.78, 5) is 14.2. The summed E-state index contributed by atoms with van der Waals surface area (Å²) in [5.41, 5.74) is 0.138. The molecule has 2 heterocycles. The third kappa shape index (κ3) is 5.74. The van der Waals surface area contributed by atoms with Gasteiger partial charge in [0.15, 0.2) is 0 Å². The Bertz CT molecular complexity index is 769. The number of aryl methyl sites for hydroxylation is 2. The highest BCUT2D eigenvalue weighted by atomic mass is 16.7. The van der Waals surface area contributed by atoms with Gasteiger partial charge in [-0.1, -0.05) is 0 Å². The van der Waals surface area contributed by atoms with Crippen LogP contribution in [0.3, 0.4) is 0 Å². The van der Waals surface area contributed by atoms with E-state index in [1.54, 1.807) is 4.90 Å². The minimum atomic E-state index is -0.569. The zero-order chi connectivity index (χ0) is 23.8. The molecule has 176 valence electrons. The number of carbonyl (C=O) groups is 1. The van der Waals surface area contributed by atoms with E-state index in [9.17, 15) is 4.79 Å². The van der Waals surface area contributed by atoms with E-state index in [-0.39, 0.29) is 12.2 Å². The molecule has 0 spiro atoms. The van der Waals surface area contributed by atoms with Gasteiger partial charge in [-0.05, 0) is 76.2 Å². The Morgan fingerprint density at radius 1 is 1.19 bits per heavy atom. The van der Waals surface area contributed by atoms with Crippen LogP contribution in [0.4, 0.5) is 4.79 Å². The van der Waals surface area contributed by atoms with Crippen LogP contribution in [0.25, 0.3) is 0 Å². The van der Waals surface area contributed by atoms with Crippen LogP contribution in [-0.4, -0.2) is 63.9 Å². The number of rotatable bonds is 7. The van der Waals surface area contributed by atoms with Crippen molar-refractivity contribution in [2.24, 2.45) is 0 Å². The highest BCUT2D eigenvalue weighted by molar-refractivity contribution is 6.63. The third-order valence-electron chi connectivity index (χ3n) is 5.74. The summed E-state index contributed by atoms with van der Waals surface area (Å²) in [7, 11) is -0.569. The molecule has 1 fully saturated rings. The first-order valence-corrected chi connectivity index (χ1v) is 11.2. The lowest BCUT2D eigenvalue weighted by molar-refractivity contribution is 0.00578. The van der Waals surface area contributed by atoms with E-state index in [1.165, 1.54) is 0 Å². The molecule has 31 heavy (non-hydrogen) atoms. The molecular formula is C22H40BN3O5. The highest BCUT2D eigenvalue weighted by Gasteiger charge is 2.53. The Labute approximate surface area is 187 Å². The largest absolute Gasteiger partial charge is 0.502 e. The first-order valence-electron chi connectivity index (χ1n) is 11.2. The van der Waals surface area contributed by atoms with Crippen molar-refractivity contribution in [3.63, 3.8) is 0 Å². The topological polar surface area (TPSA) is 75.1 Å². The Morgan fingerprint density at radius 3 is 2.19 bits per heavy atom. The highest BCUT2D eigenvalue weighted by Crippen LogP contribution is 2.37. The Hall–Kier alpha value is -1.74. The standard InChI is InChI=1S/C22H40BN3O5/c1-12-25(19(27)29-20(5,6)7)14-15(3)28-18-17(16(4)24-26(18)13-2)23-30-21(8,9)22(10,11)31-23/h15H,12-14H2,1-11H3/t15-/m0/s1. The average molecular weight is 437 g/mol. The molecule has 1 atom stereocenters. The first-order chi connectivity index (χ1) is 14.1. The molecule has 1 saturated heterocycles. The molecule has 1 aliphatic heterocycles. The smallest absolute Gasteiger partial charge is 0.473 e. The number of nitrogens with zero attached hydrogens (tertiary/aromatic N) is 3. The minimum absolute atomic E-state index is 0.282. The molecule has 0 aliphatic carbocycles. The fraction of sp³-hybridized carbons (Fsp3) is 0.818. The molecule has 1 amide bonds.